The Bertz CT molecular complexity index is 865. The minimum absolute atomic E-state index is 0.366. The molecule has 1 atom stereocenters. The van der Waals surface area contributed by atoms with E-state index in [4.69, 9.17) is 9.47 Å². The summed E-state index contributed by atoms with van der Waals surface area (Å²) in [4.78, 5) is 12.5. The zero-order valence-corrected chi connectivity index (χ0v) is 12.1. The van der Waals surface area contributed by atoms with Crippen LogP contribution in [-0.4, -0.2) is 13.1 Å². The molecule has 0 aromatic heterocycles. The molecule has 0 spiro atoms. The molecule has 0 bridgehead atoms. The maximum atomic E-state index is 12.5. The number of carbonyl (C=O) groups excluding carboxylic acids is 1. The van der Waals surface area contributed by atoms with Crippen molar-refractivity contribution in [2.24, 2.45) is 0 Å². The first kappa shape index (κ1) is 13.0. The van der Waals surface area contributed by atoms with Crippen LogP contribution >= 0.6 is 0 Å². The van der Waals surface area contributed by atoms with Crippen LogP contribution < -0.4 is 0 Å². The van der Waals surface area contributed by atoms with Gasteiger partial charge >= 0.3 is 5.97 Å². The molecule has 0 fully saturated rings. The lowest BCUT2D eigenvalue weighted by molar-refractivity contribution is -0.166. The Morgan fingerprint density at radius 2 is 1.64 bits per heavy atom. The number of methoxy groups -OCH3 is 1. The van der Waals surface area contributed by atoms with E-state index in [0.717, 1.165) is 21.9 Å². The van der Waals surface area contributed by atoms with Crippen LogP contribution in [0.15, 0.2) is 66.7 Å². The zero-order valence-electron chi connectivity index (χ0n) is 12.1. The second kappa shape index (κ2) is 4.68. The summed E-state index contributed by atoms with van der Waals surface area (Å²) in [6, 6.07) is 21.1. The van der Waals surface area contributed by atoms with Crippen molar-refractivity contribution in [2.75, 3.05) is 7.11 Å². The van der Waals surface area contributed by atoms with Gasteiger partial charge in [-0.05, 0) is 11.5 Å². The van der Waals surface area contributed by atoms with Gasteiger partial charge in [0.05, 0.1) is 5.56 Å². The van der Waals surface area contributed by atoms with Gasteiger partial charge in [-0.2, -0.15) is 0 Å². The smallest absolute Gasteiger partial charge is 0.341 e. The molecule has 22 heavy (non-hydrogen) atoms. The van der Waals surface area contributed by atoms with E-state index in [1.807, 2.05) is 60.7 Å². The number of cyclic esters (lactones) is 1. The second-order valence-corrected chi connectivity index (χ2v) is 5.29. The van der Waals surface area contributed by atoms with Gasteiger partial charge in [0.1, 0.15) is 0 Å². The van der Waals surface area contributed by atoms with Gasteiger partial charge < -0.3 is 9.47 Å². The summed E-state index contributed by atoms with van der Waals surface area (Å²) in [7, 11) is 1.56. The molecule has 0 radical (unpaired) electrons. The average molecular weight is 290 g/mol. The monoisotopic (exact) mass is 290 g/mol. The SMILES string of the molecule is COC1(c2ccccc2)OC(=O)c2cccc3cccc1c23. The van der Waals surface area contributed by atoms with E-state index in [1.165, 1.54) is 0 Å². The fourth-order valence-electron chi connectivity index (χ4n) is 3.17. The van der Waals surface area contributed by atoms with Crippen molar-refractivity contribution < 1.29 is 14.3 Å². The van der Waals surface area contributed by atoms with Gasteiger partial charge in [0.15, 0.2) is 0 Å². The molecule has 3 nitrogen and oxygen atoms in total. The molecule has 3 aromatic carbocycles. The van der Waals surface area contributed by atoms with Crippen molar-refractivity contribution in [1.29, 1.82) is 0 Å². The highest BCUT2D eigenvalue weighted by Crippen LogP contribution is 2.43. The molecular formula is C19H14O3. The molecule has 1 aliphatic rings. The second-order valence-electron chi connectivity index (χ2n) is 5.29. The number of esters is 1. The predicted molar refractivity (Wildman–Crippen MR) is 83.6 cm³/mol. The summed E-state index contributed by atoms with van der Waals surface area (Å²) < 4.78 is 11.5. The summed E-state index contributed by atoms with van der Waals surface area (Å²) in [6.07, 6.45) is 0. The molecule has 0 N–H and O–H groups in total. The van der Waals surface area contributed by atoms with E-state index in [0.29, 0.717) is 5.56 Å². The molecule has 1 aliphatic heterocycles. The van der Waals surface area contributed by atoms with E-state index in [9.17, 15) is 4.79 Å². The minimum atomic E-state index is -1.20. The number of ether oxygens (including phenoxy) is 2. The lowest BCUT2D eigenvalue weighted by atomic mass is 9.88. The van der Waals surface area contributed by atoms with Crippen molar-refractivity contribution in [3.05, 3.63) is 83.4 Å². The summed E-state index contributed by atoms with van der Waals surface area (Å²) in [6.45, 7) is 0. The number of rotatable bonds is 2. The molecule has 0 aliphatic carbocycles. The first-order valence-electron chi connectivity index (χ1n) is 7.12. The van der Waals surface area contributed by atoms with E-state index >= 15 is 0 Å². The molecule has 1 unspecified atom stereocenters. The maximum Gasteiger partial charge on any atom is 0.341 e. The Morgan fingerprint density at radius 1 is 0.909 bits per heavy atom. The number of hydrogen-bond acceptors (Lipinski definition) is 3. The molecule has 4 rings (SSSR count). The van der Waals surface area contributed by atoms with Crippen LogP contribution in [0.5, 0.6) is 0 Å². The Hall–Kier alpha value is -2.65. The third kappa shape index (κ3) is 1.63. The van der Waals surface area contributed by atoms with Crippen molar-refractivity contribution in [1.82, 2.24) is 0 Å². The number of carbonyl (C=O) groups is 1. The van der Waals surface area contributed by atoms with Crippen LogP contribution in [0.1, 0.15) is 21.5 Å². The highest BCUT2D eigenvalue weighted by Gasteiger charge is 2.44. The van der Waals surface area contributed by atoms with Crippen LogP contribution in [-0.2, 0) is 15.3 Å². The Kier molecular flexibility index (Phi) is 2.78. The summed E-state index contributed by atoms with van der Waals surface area (Å²) in [5, 5.41) is 1.90. The van der Waals surface area contributed by atoms with Crippen LogP contribution in [0, 0.1) is 0 Å². The fraction of sp³-hybridized carbons (Fsp3) is 0.105. The summed E-state index contributed by atoms with van der Waals surface area (Å²) in [5.41, 5.74) is 2.23. The van der Waals surface area contributed by atoms with Gasteiger partial charge in [-0.15, -0.1) is 0 Å². The molecular weight excluding hydrogens is 276 g/mol. The predicted octanol–water partition coefficient (Wildman–Crippen LogP) is 3.86. The molecule has 108 valence electrons. The average Bonchev–Trinajstić information content (AvgIpc) is 2.59. The van der Waals surface area contributed by atoms with Crippen molar-refractivity contribution in [3.63, 3.8) is 0 Å². The third-order valence-electron chi connectivity index (χ3n) is 4.16. The van der Waals surface area contributed by atoms with Gasteiger partial charge in [0, 0.05) is 23.6 Å². The fourth-order valence-corrected chi connectivity index (χ4v) is 3.17. The van der Waals surface area contributed by atoms with E-state index in [1.54, 1.807) is 13.2 Å². The topological polar surface area (TPSA) is 35.5 Å². The summed E-state index contributed by atoms with van der Waals surface area (Å²) >= 11 is 0. The zero-order chi connectivity index (χ0) is 15.2. The molecule has 0 amide bonds. The van der Waals surface area contributed by atoms with E-state index in [-0.39, 0.29) is 5.97 Å². The van der Waals surface area contributed by atoms with E-state index < -0.39 is 5.79 Å². The van der Waals surface area contributed by atoms with Crippen LogP contribution in [0.3, 0.4) is 0 Å². The molecule has 3 heteroatoms. The van der Waals surface area contributed by atoms with Crippen LogP contribution in [0.4, 0.5) is 0 Å². The quantitative estimate of drug-likeness (QED) is 0.672. The largest absolute Gasteiger partial charge is 0.420 e. The first-order valence-corrected chi connectivity index (χ1v) is 7.12. The minimum Gasteiger partial charge on any atom is -0.420 e. The molecule has 0 saturated heterocycles. The van der Waals surface area contributed by atoms with Gasteiger partial charge in [-0.3, -0.25) is 0 Å². The van der Waals surface area contributed by atoms with E-state index in [2.05, 4.69) is 0 Å². The maximum absolute atomic E-state index is 12.5. The lowest BCUT2D eigenvalue weighted by Gasteiger charge is -2.36. The van der Waals surface area contributed by atoms with Crippen LogP contribution in [0.2, 0.25) is 0 Å². The highest BCUT2D eigenvalue weighted by molar-refractivity contribution is 6.08. The molecule has 1 heterocycles. The van der Waals surface area contributed by atoms with Crippen LogP contribution in [0.25, 0.3) is 10.8 Å². The van der Waals surface area contributed by atoms with Gasteiger partial charge in [0.2, 0.25) is 0 Å². The Labute approximate surface area is 128 Å². The third-order valence-corrected chi connectivity index (χ3v) is 4.16. The highest BCUT2D eigenvalue weighted by atomic mass is 16.7. The first-order chi connectivity index (χ1) is 10.8. The summed E-state index contributed by atoms with van der Waals surface area (Å²) in [5.74, 6) is -1.57. The van der Waals surface area contributed by atoms with Crippen molar-refractivity contribution >= 4 is 16.7 Å². The molecule has 3 aromatic rings. The van der Waals surface area contributed by atoms with Crippen molar-refractivity contribution in [2.45, 2.75) is 5.79 Å². The lowest BCUT2D eigenvalue weighted by Crippen LogP contribution is -2.39. The van der Waals surface area contributed by atoms with Gasteiger partial charge in [0.25, 0.3) is 5.79 Å². The standard InChI is InChI=1S/C19H14O3/c1-21-19(14-9-3-2-4-10-14)16-12-6-8-13-7-5-11-15(17(13)16)18(20)22-19/h2-12H,1H3. The Morgan fingerprint density at radius 3 is 2.36 bits per heavy atom. The van der Waals surface area contributed by atoms with Crippen molar-refractivity contribution in [3.8, 4) is 0 Å². The van der Waals surface area contributed by atoms with Gasteiger partial charge in [-0.1, -0.05) is 60.7 Å². The number of hydrogen-bond donors (Lipinski definition) is 0. The number of benzene rings is 3. The molecule has 0 saturated carbocycles. The van der Waals surface area contributed by atoms with Gasteiger partial charge in [-0.25, -0.2) is 4.79 Å². The Balaban J connectivity index is 2.12. The normalized spacial score (nSPS) is 20.0.